The molecular weight excluding hydrogens is 400 g/mol. The topological polar surface area (TPSA) is 105 Å². The SMILES string of the molecule is CC1Cc2cc([N+](=O)[O-])ccc2N1CC(=O)N1N=C(c2ccco2)CC1c1ccco1. The fourth-order valence-corrected chi connectivity index (χ4v) is 4.29. The number of amides is 1. The summed E-state index contributed by atoms with van der Waals surface area (Å²) in [6, 6.07) is 11.7. The van der Waals surface area contributed by atoms with Crippen LogP contribution in [-0.4, -0.2) is 34.1 Å². The first-order valence-corrected chi connectivity index (χ1v) is 10.0. The molecule has 158 valence electrons. The van der Waals surface area contributed by atoms with Crippen molar-refractivity contribution in [3.63, 3.8) is 0 Å². The van der Waals surface area contributed by atoms with Crippen LogP contribution in [0.25, 0.3) is 0 Å². The zero-order chi connectivity index (χ0) is 21.5. The molecule has 0 fully saturated rings. The molecule has 5 rings (SSSR count). The van der Waals surface area contributed by atoms with Crippen LogP contribution in [0.3, 0.4) is 0 Å². The number of nitrogens with zero attached hydrogens (tertiary/aromatic N) is 4. The van der Waals surface area contributed by atoms with E-state index in [0.29, 0.717) is 30.1 Å². The Kier molecular flexibility index (Phi) is 4.58. The number of hydrogen-bond donors (Lipinski definition) is 0. The molecule has 9 nitrogen and oxygen atoms in total. The van der Waals surface area contributed by atoms with Gasteiger partial charge in [0.05, 0.1) is 24.0 Å². The van der Waals surface area contributed by atoms with Gasteiger partial charge in [-0.15, -0.1) is 0 Å². The van der Waals surface area contributed by atoms with Gasteiger partial charge in [0.2, 0.25) is 0 Å². The largest absolute Gasteiger partial charge is 0.467 e. The average Bonchev–Trinajstić information content (AvgIpc) is 3.53. The summed E-state index contributed by atoms with van der Waals surface area (Å²) < 4.78 is 11.0. The van der Waals surface area contributed by atoms with E-state index in [1.54, 1.807) is 36.8 Å². The summed E-state index contributed by atoms with van der Waals surface area (Å²) in [6.45, 7) is 2.11. The number of carbonyl (C=O) groups is 1. The van der Waals surface area contributed by atoms with Crippen molar-refractivity contribution in [1.82, 2.24) is 5.01 Å². The number of fused-ring (bicyclic) bond motifs is 1. The van der Waals surface area contributed by atoms with Gasteiger partial charge in [-0.05, 0) is 49.2 Å². The zero-order valence-electron chi connectivity index (χ0n) is 16.8. The van der Waals surface area contributed by atoms with Gasteiger partial charge >= 0.3 is 0 Å². The Morgan fingerprint density at radius 1 is 1.19 bits per heavy atom. The van der Waals surface area contributed by atoms with Gasteiger partial charge in [-0.1, -0.05) is 0 Å². The predicted molar refractivity (Wildman–Crippen MR) is 112 cm³/mol. The molecule has 0 saturated carbocycles. The lowest BCUT2D eigenvalue weighted by atomic mass is 10.1. The molecule has 4 heterocycles. The second-order valence-electron chi connectivity index (χ2n) is 7.75. The zero-order valence-corrected chi connectivity index (χ0v) is 16.8. The smallest absolute Gasteiger partial charge is 0.269 e. The molecule has 0 N–H and O–H groups in total. The quantitative estimate of drug-likeness (QED) is 0.458. The van der Waals surface area contributed by atoms with Crippen molar-refractivity contribution >= 4 is 23.0 Å². The lowest BCUT2D eigenvalue weighted by Crippen LogP contribution is -2.40. The van der Waals surface area contributed by atoms with Crippen LogP contribution in [0.5, 0.6) is 0 Å². The monoisotopic (exact) mass is 420 g/mol. The lowest BCUT2D eigenvalue weighted by Gasteiger charge is -2.27. The Morgan fingerprint density at radius 3 is 2.71 bits per heavy atom. The fourth-order valence-electron chi connectivity index (χ4n) is 4.29. The number of hydrazone groups is 1. The van der Waals surface area contributed by atoms with Crippen molar-refractivity contribution in [2.75, 3.05) is 11.4 Å². The third-order valence-corrected chi connectivity index (χ3v) is 5.78. The summed E-state index contributed by atoms with van der Waals surface area (Å²) >= 11 is 0. The molecular formula is C22H20N4O5. The maximum Gasteiger partial charge on any atom is 0.269 e. The van der Waals surface area contributed by atoms with Gasteiger partial charge < -0.3 is 13.7 Å². The predicted octanol–water partition coefficient (Wildman–Crippen LogP) is 3.91. The van der Waals surface area contributed by atoms with Crippen LogP contribution in [0.15, 0.2) is 68.9 Å². The van der Waals surface area contributed by atoms with Crippen LogP contribution in [0.2, 0.25) is 0 Å². The highest BCUT2D eigenvalue weighted by Crippen LogP contribution is 2.37. The van der Waals surface area contributed by atoms with E-state index in [2.05, 4.69) is 5.10 Å². The van der Waals surface area contributed by atoms with Gasteiger partial charge in [-0.2, -0.15) is 5.10 Å². The van der Waals surface area contributed by atoms with E-state index in [9.17, 15) is 14.9 Å². The summed E-state index contributed by atoms with van der Waals surface area (Å²) in [5.41, 5.74) is 2.46. The molecule has 0 saturated heterocycles. The van der Waals surface area contributed by atoms with Crippen LogP contribution in [0.1, 0.15) is 36.5 Å². The maximum atomic E-state index is 13.3. The Hall–Kier alpha value is -3.88. The molecule has 2 atom stereocenters. The second-order valence-corrected chi connectivity index (χ2v) is 7.75. The average molecular weight is 420 g/mol. The van der Waals surface area contributed by atoms with E-state index < -0.39 is 4.92 Å². The molecule has 9 heteroatoms. The Morgan fingerprint density at radius 2 is 2.00 bits per heavy atom. The van der Waals surface area contributed by atoms with Crippen LogP contribution in [0.4, 0.5) is 11.4 Å². The normalized spacial score (nSPS) is 20.1. The number of nitro groups is 1. The second kappa shape index (κ2) is 7.42. The van der Waals surface area contributed by atoms with Gasteiger partial charge in [0.15, 0.2) is 0 Å². The van der Waals surface area contributed by atoms with E-state index >= 15 is 0 Å². The molecule has 2 aromatic heterocycles. The number of benzene rings is 1. The van der Waals surface area contributed by atoms with Crippen LogP contribution >= 0.6 is 0 Å². The molecule has 0 aliphatic carbocycles. The summed E-state index contributed by atoms with van der Waals surface area (Å²) in [5.74, 6) is 1.10. The van der Waals surface area contributed by atoms with Crippen LogP contribution in [0, 0.1) is 10.1 Å². The first-order chi connectivity index (χ1) is 15.0. The standard InChI is InChI=1S/C22H20N4O5/c1-14-10-15-11-16(26(28)29)6-7-18(15)24(14)13-22(27)25-19(21-5-3-9-31-21)12-17(23-25)20-4-2-8-30-20/h2-9,11,14,19H,10,12-13H2,1H3. The molecule has 0 bridgehead atoms. The molecule has 2 aliphatic heterocycles. The first kappa shape index (κ1) is 19.1. The first-order valence-electron chi connectivity index (χ1n) is 10.0. The van der Waals surface area contributed by atoms with E-state index in [-0.39, 0.29) is 30.2 Å². The lowest BCUT2D eigenvalue weighted by molar-refractivity contribution is -0.384. The van der Waals surface area contributed by atoms with Crippen molar-refractivity contribution in [2.45, 2.75) is 31.8 Å². The van der Waals surface area contributed by atoms with E-state index in [1.165, 1.54) is 11.1 Å². The Balaban J connectivity index is 1.42. The number of nitro benzene ring substituents is 1. The number of hydrogen-bond acceptors (Lipinski definition) is 7. The Bertz CT molecular complexity index is 1150. The van der Waals surface area contributed by atoms with E-state index in [0.717, 1.165) is 11.3 Å². The summed E-state index contributed by atoms with van der Waals surface area (Å²) in [5, 5.41) is 17.1. The molecule has 3 aromatic rings. The third-order valence-electron chi connectivity index (χ3n) is 5.78. The van der Waals surface area contributed by atoms with E-state index in [1.807, 2.05) is 24.0 Å². The number of carbonyl (C=O) groups excluding carboxylic acids is 1. The Labute approximate surface area is 177 Å². The molecule has 1 amide bonds. The van der Waals surface area contributed by atoms with E-state index in [4.69, 9.17) is 8.83 Å². The van der Waals surface area contributed by atoms with Gasteiger partial charge in [0, 0.05) is 30.3 Å². The molecule has 2 unspecified atom stereocenters. The fraction of sp³-hybridized carbons (Fsp3) is 0.273. The minimum Gasteiger partial charge on any atom is -0.467 e. The van der Waals surface area contributed by atoms with Crippen molar-refractivity contribution in [2.24, 2.45) is 5.10 Å². The summed E-state index contributed by atoms with van der Waals surface area (Å²) in [7, 11) is 0. The van der Waals surface area contributed by atoms with Crippen molar-refractivity contribution < 1.29 is 18.6 Å². The highest BCUT2D eigenvalue weighted by atomic mass is 16.6. The van der Waals surface area contributed by atoms with Crippen LogP contribution in [-0.2, 0) is 11.2 Å². The van der Waals surface area contributed by atoms with Gasteiger partial charge in [0.25, 0.3) is 11.6 Å². The number of rotatable bonds is 5. The van der Waals surface area contributed by atoms with Gasteiger partial charge in [-0.25, -0.2) is 5.01 Å². The maximum absolute atomic E-state index is 13.3. The number of furan rings is 2. The molecule has 2 aliphatic rings. The minimum atomic E-state index is -0.401. The minimum absolute atomic E-state index is 0.0409. The number of anilines is 1. The summed E-state index contributed by atoms with van der Waals surface area (Å²) in [6.07, 6.45) is 4.29. The molecule has 31 heavy (non-hydrogen) atoms. The van der Waals surface area contributed by atoms with Crippen molar-refractivity contribution in [1.29, 1.82) is 0 Å². The molecule has 0 spiro atoms. The van der Waals surface area contributed by atoms with Gasteiger partial charge in [0.1, 0.15) is 23.3 Å². The third kappa shape index (κ3) is 3.37. The summed E-state index contributed by atoms with van der Waals surface area (Å²) in [4.78, 5) is 26.0. The molecule has 1 aromatic carbocycles. The van der Waals surface area contributed by atoms with Crippen molar-refractivity contribution in [3.8, 4) is 0 Å². The highest BCUT2D eigenvalue weighted by Gasteiger charge is 2.38. The highest BCUT2D eigenvalue weighted by molar-refractivity contribution is 6.01. The molecule has 0 radical (unpaired) electrons. The van der Waals surface area contributed by atoms with Crippen LogP contribution < -0.4 is 4.90 Å². The van der Waals surface area contributed by atoms with Gasteiger partial charge in [-0.3, -0.25) is 14.9 Å². The van der Waals surface area contributed by atoms with Crippen molar-refractivity contribution in [3.05, 3.63) is 82.2 Å². The number of non-ortho nitro benzene ring substituents is 1.